The minimum Gasteiger partial charge on any atom is -0.496 e. The summed E-state index contributed by atoms with van der Waals surface area (Å²) in [5, 5.41) is 0. The van der Waals surface area contributed by atoms with Crippen molar-refractivity contribution in [1.82, 2.24) is 9.03 Å². The van der Waals surface area contributed by atoms with Crippen LogP contribution in [0.25, 0.3) is 0 Å². The molecular weight excluding hydrogens is 282 g/mol. The van der Waals surface area contributed by atoms with Crippen molar-refractivity contribution in [3.05, 3.63) is 23.8 Å². The molecule has 1 aromatic rings. The monoisotopic (exact) mass is 301 g/mol. The first-order chi connectivity index (χ1) is 9.53. The van der Waals surface area contributed by atoms with Crippen LogP contribution in [0.1, 0.15) is 5.56 Å². The summed E-state index contributed by atoms with van der Waals surface area (Å²) < 4.78 is 38.5. The first kappa shape index (κ1) is 15.0. The summed E-state index contributed by atoms with van der Waals surface area (Å²) in [6, 6.07) is 5.12. The van der Waals surface area contributed by atoms with Gasteiger partial charge in [-0.25, -0.2) is 0 Å². The van der Waals surface area contributed by atoms with E-state index in [0.717, 1.165) is 0 Å². The normalized spacial score (nSPS) is 17.1. The zero-order valence-corrected chi connectivity index (χ0v) is 12.1. The van der Waals surface area contributed by atoms with Gasteiger partial charge in [-0.3, -0.25) is 0 Å². The molecule has 0 amide bonds. The van der Waals surface area contributed by atoms with E-state index in [4.69, 9.17) is 15.2 Å². The standard InChI is InChI=1S/C12H19N3O4S/c1-18-12-3-2-11(13)8-10(12)9-14-20(16,17)15-4-6-19-7-5-15/h2-3,8,14H,4-7,9,13H2,1H3. The quantitative estimate of drug-likeness (QED) is 0.743. The molecule has 0 aromatic heterocycles. The van der Waals surface area contributed by atoms with Gasteiger partial charge >= 0.3 is 0 Å². The van der Waals surface area contributed by atoms with Crippen LogP contribution in [-0.2, 0) is 21.5 Å². The summed E-state index contributed by atoms with van der Waals surface area (Å²) in [7, 11) is -1.98. The van der Waals surface area contributed by atoms with Crippen molar-refractivity contribution >= 4 is 15.9 Å². The van der Waals surface area contributed by atoms with Gasteiger partial charge in [-0.2, -0.15) is 17.4 Å². The molecule has 20 heavy (non-hydrogen) atoms. The number of anilines is 1. The van der Waals surface area contributed by atoms with E-state index in [1.54, 1.807) is 18.2 Å². The second-order valence-corrected chi connectivity index (χ2v) is 6.16. The van der Waals surface area contributed by atoms with E-state index in [2.05, 4.69) is 4.72 Å². The van der Waals surface area contributed by atoms with Gasteiger partial charge in [-0.05, 0) is 18.2 Å². The second-order valence-electron chi connectivity index (χ2n) is 4.41. The Balaban J connectivity index is 2.05. The highest BCUT2D eigenvalue weighted by Gasteiger charge is 2.24. The molecule has 0 spiro atoms. The van der Waals surface area contributed by atoms with Gasteiger partial charge in [0, 0.05) is 30.9 Å². The topological polar surface area (TPSA) is 93.9 Å². The predicted octanol–water partition coefficient (Wildman–Crippen LogP) is -0.0560. The van der Waals surface area contributed by atoms with Crippen molar-refractivity contribution in [3.8, 4) is 5.75 Å². The molecule has 0 unspecified atom stereocenters. The van der Waals surface area contributed by atoms with Crippen LogP contribution in [0, 0.1) is 0 Å². The van der Waals surface area contributed by atoms with E-state index < -0.39 is 10.2 Å². The minimum absolute atomic E-state index is 0.133. The molecule has 0 radical (unpaired) electrons. The maximum Gasteiger partial charge on any atom is 0.279 e. The Morgan fingerprint density at radius 3 is 2.75 bits per heavy atom. The zero-order chi connectivity index (χ0) is 14.6. The Kier molecular flexibility index (Phi) is 4.81. The SMILES string of the molecule is COc1ccc(N)cc1CNS(=O)(=O)N1CCOCC1. The molecule has 112 valence electrons. The highest BCUT2D eigenvalue weighted by molar-refractivity contribution is 7.87. The third-order valence-corrected chi connectivity index (χ3v) is 4.61. The number of nitrogens with two attached hydrogens (primary N) is 1. The fourth-order valence-corrected chi connectivity index (χ4v) is 3.13. The summed E-state index contributed by atoms with van der Waals surface area (Å²) in [6.45, 7) is 1.70. The average Bonchev–Trinajstić information content (AvgIpc) is 2.46. The number of rotatable bonds is 5. The van der Waals surface area contributed by atoms with Gasteiger partial charge in [0.25, 0.3) is 10.2 Å². The Hall–Kier alpha value is -1.35. The molecule has 1 aromatic carbocycles. The van der Waals surface area contributed by atoms with Gasteiger partial charge in [0.15, 0.2) is 0 Å². The van der Waals surface area contributed by atoms with Crippen molar-refractivity contribution < 1.29 is 17.9 Å². The Morgan fingerprint density at radius 1 is 1.40 bits per heavy atom. The molecule has 7 nitrogen and oxygen atoms in total. The molecule has 0 atom stereocenters. The van der Waals surface area contributed by atoms with Crippen LogP contribution in [0.5, 0.6) is 5.75 Å². The zero-order valence-electron chi connectivity index (χ0n) is 11.3. The van der Waals surface area contributed by atoms with Crippen molar-refractivity contribution in [2.45, 2.75) is 6.54 Å². The second kappa shape index (κ2) is 6.40. The van der Waals surface area contributed by atoms with Crippen molar-refractivity contribution in [2.75, 3.05) is 39.1 Å². The summed E-state index contributed by atoms with van der Waals surface area (Å²) in [5.74, 6) is 0.601. The molecule has 3 N–H and O–H groups in total. The number of benzene rings is 1. The lowest BCUT2D eigenvalue weighted by Crippen LogP contribution is -2.46. The van der Waals surface area contributed by atoms with Crippen molar-refractivity contribution in [2.24, 2.45) is 0 Å². The first-order valence-electron chi connectivity index (χ1n) is 6.28. The van der Waals surface area contributed by atoms with E-state index in [9.17, 15) is 8.42 Å². The van der Waals surface area contributed by atoms with E-state index in [-0.39, 0.29) is 6.54 Å². The molecule has 8 heteroatoms. The molecule has 0 saturated carbocycles. The van der Waals surface area contributed by atoms with E-state index >= 15 is 0 Å². The lowest BCUT2D eigenvalue weighted by molar-refractivity contribution is 0.0724. The maximum absolute atomic E-state index is 12.1. The van der Waals surface area contributed by atoms with Gasteiger partial charge in [0.1, 0.15) is 5.75 Å². The molecule has 0 bridgehead atoms. The predicted molar refractivity (Wildman–Crippen MR) is 75.6 cm³/mol. The highest BCUT2D eigenvalue weighted by atomic mass is 32.2. The smallest absolute Gasteiger partial charge is 0.279 e. The lowest BCUT2D eigenvalue weighted by atomic mass is 10.2. The molecular formula is C12H19N3O4S. The minimum atomic E-state index is -3.51. The lowest BCUT2D eigenvalue weighted by Gasteiger charge is -2.26. The van der Waals surface area contributed by atoms with Crippen molar-refractivity contribution in [1.29, 1.82) is 0 Å². The van der Waals surface area contributed by atoms with Gasteiger partial charge in [0.05, 0.1) is 20.3 Å². The molecule has 1 aliphatic rings. The van der Waals surface area contributed by atoms with Crippen LogP contribution in [0.3, 0.4) is 0 Å². The van der Waals surface area contributed by atoms with Crippen LogP contribution in [0.2, 0.25) is 0 Å². The third-order valence-electron chi connectivity index (χ3n) is 3.06. The number of nitrogens with one attached hydrogen (secondary N) is 1. The van der Waals surface area contributed by atoms with Crippen molar-refractivity contribution in [3.63, 3.8) is 0 Å². The summed E-state index contributed by atoms with van der Waals surface area (Å²) in [5.41, 5.74) is 6.96. The van der Waals surface area contributed by atoms with E-state index in [0.29, 0.717) is 43.3 Å². The third kappa shape index (κ3) is 3.60. The van der Waals surface area contributed by atoms with Gasteiger partial charge < -0.3 is 15.2 Å². The van der Waals surface area contributed by atoms with Crippen LogP contribution in [0.4, 0.5) is 5.69 Å². The van der Waals surface area contributed by atoms with E-state index in [1.807, 2.05) is 0 Å². The number of hydrogen-bond acceptors (Lipinski definition) is 5. The summed E-state index contributed by atoms with van der Waals surface area (Å²) >= 11 is 0. The average molecular weight is 301 g/mol. The van der Waals surface area contributed by atoms with Gasteiger partial charge in [-0.15, -0.1) is 0 Å². The van der Waals surface area contributed by atoms with Gasteiger partial charge in [0.2, 0.25) is 0 Å². The molecule has 1 aliphatic heterocycles. The number of morpholine rings is 1. The Morgan fingerprint density at radius 2 is 2.10 bits per heavy atom. The largest absolute Gasteiger partial charge is 0.496 e. The highest BCUT2D eigenvalue weighted by Crippen LogP contribution is 2.21. The molecule has 0 aliphatic carbocycles. The van der Waals surface area contributed by atoms with E-state index in [1.165, 1.54) is 11.4 Å². The van der Waals surface area contributed by atoms with Crippen LogP contribution in [0.15, 0.2) is 18.2 Å². The first-order valence-corrected chi connectivity index (χ1v) is 7.72. The number of ether oxygens (including phenoxy) is 2. The molecule has 2 rings (SSSR count). The fourth-order valence-electron chi connectivity index (χ4n) is 1.98. The number of nitrogen functional groups attached to an aromatic ring is 1. The Bertz CT molecular complexity index is 556. The van der Waals surface area contributed by atoms with Crippen LogP contribution in [-0.4, -0.2) is 46.1 Å². The Labute approximate surface area is 118 Å². The molecule has 1 heterocycles. The van der Waals surface area contributed by atoms with Gasteiger partial charge in [-0.1, -0.05) is 0 Å². The number of methoxy groups -OCH3 is 1. The molecule has 1 saturated heterocycles. The number of hydrogen-bond donors (Lipinski definition) is 2. The molecule has 1 fully saturated rings. The maximum atomic E-state index is 12.1. The summed E-state index contributed by atoms with van der Waals surface area (Å²) in [6.07, 6.45) is 0. The van der Waals surface area contributed by atoms with Crippen LogP contribution < -0.4 is 15.2 Å². The van der Waals surface area contributed by atoms with Crippen LogP contribution >= 0.6 is 0 Å². The summed E-state index contributed by atoms with van der Waals surface area (Å²) in [4.78, 5) is 0. The number of nitrogens with zero attached hydrogens (tertiary/aromatic N) is 1. The fraction of sp³-hybridized carbons (Fsp3) is 0.500.